The quantitative estimate of drug-likeness (QED) is 0.795. The number of rotatable bonds is 5. The fraction of sp³-hybridized carbons (Fsp3) is 0.357. The predicted molar refractivity (Wildman–Crippen MR) is 71.4 cm³/mol. The van der Waals surface area contributed by atoms with Crippen LogP contribution < -0.4 is 4.90 Å². The van der Waals surface area contributed by atoms with Crippen molar-refractivity contribution in [3.63, 3.8) is 0 Å². The molecule has 0 aliphatic rings. The Bertz CT molecular complexity index is 424. The lowest BCUT2D eigenvalue weighted by Crippen LogP contribution is -2.17. The lowest BCUT2D eigenvalue weighted by molar-refractivity contribution is -0.131. The van der Waals surface area contributed by atoms with Crippen molar-refractivity contribution in [3.8, 4) is 0 Å². The van der Waals surface area contributed by atoms with Crippen LogP contribution in [-0.4, -0.2) is 24.7 Å². The second-order valence-corrected chi connectivity index (χ2v) is 4.13. The molecule has 0 unspecified atom stereocenters. The van der Waals surface area contributed by atoms with E-state index in [0.29, 0.717) is 0 Å². The molecule has 0 spiro atoms. The van der Waals surface area contributed by atoms with Crippen molar-refractivity contribution in [3.05, 3.63) is 35.4 Å². The molecule has 0 aromatic heterocycles. The molecule has 17 heavy (non-hydrogen) atoms. The summed E-state index contributed by atoms with van der Waals surface area (Å²) in [5.41, 5.74) is 3.20. The number of carbonyl (C=O) groups is 1. The largest absolute Gasteiger partial charge is 0.478 e. The third-order valence-corrected chi connectivity index (χ3v) is 2.66. The van der Waals surface area contributed by atoms with Gasteiger partial charge in [0.2, 0.25) is 0 Å². The lowest BCUT2D eigenvalue weighted by atomic mass is 10.1. The summed E-state index contributed by atoms with van der Waals surface area (Å²) >= 11 is 0. The molecule has 1 aromatic carbocycles. The third-order valence-electron chi connectivity index (χ3n) is 2.66. The summed E-state index contributed by atoms with van der Waals surface area (Å²) in [5, 5.41) is 8.58. The van der Waals surface area contributed by atoms with Crippen LogP contribution in [0.2, 0.25) is 0 Å². The number of aliphatic carboxylic acids is 1. The highest BCUT2D eigenvalue weighted by Crippen LogP contribution is 2.19. The van der Waals surface area contributed by atoms with Crippen molar-refractivity contribution in [2.24, 2.45) is 0 Å². The van der Waals surface area contributed by atoms with Gasteiger partial charge < -0.3 is 10.0 Å². The summed E-state index contributed by atoms with van der Waals surface area (Å²) in [6.07, 6.45) is 3.90. The van der Waals surface area contributed by atoms with E-state index < -0.39 is 5.97 Å². The Hall–Kier alpha value is -1.77. The van der Waals surface area contributed by atoms with Crippen LogP contribution in [-0.2, 0) is 4.79 Å². The fourth-order valence-electron chi connectivity index (χ4n) is 1.71. The molecule has 0 saturated heterocycles. The highest BCUT2D eigenvalue weighted by molar-refractivity contribution is 5.85. The summed E-state index contributed by atoms with van der Waals surface area (Å²) in [6.45, 7) is 5.15. The zero-order valence-electron chi connectivity index (χ0n) is 10.6. The molecular weight excluding hydrogens is 214 g/mol. The molecular formula is C14H19NO2. The van der Waals surface area contributed by atoms with E-state index >= 15 is 0 Å². The number of nitrogens with zero attached hydrogens (tertiary/aromatic N) is 1. The normalized spacial score (nSPS) is 10.8. The molecule has 1 N–H and O–H groups in total. The Balaban J connectivity index is 2.89. The Morgan fingerprint density at radius 2 is 2.18 bits per heavy atom. The van der Waals surface area contributed by atoms with Crippen LogP contribution in [0.4, 0.5) is 5.69 Å². The number of aryl methyl sites for hydroxylation is 1. The number of carboxylic acids is 1. The monoisotopic (exact) mass is 233 g/mol. The van der Waals surface area contributed by atoms with Crippen molar-refractivity contribution in [2.45, 2.75) is 20.3 Å². The molecule has 0 fully saturated rings. The van der Waals surface area contributed by atoms with Gasteiger partial charge in [0, 0.05) is 25.4 Å². The average molecular weight is 233 g/mol. The number of anilines is 1. The maximum atomic E-state index is 10.4. The van der Waals surface area contributed by atoms with Crippen LogP contribution in [0.25, 0.3) is 6.08 Å². The van der Waals surface area contributed by atoms with Gasteiger partial charge in [-0.05, 0) is 42.7 Å². The molecule has 0 aliphatic heterocycles. The highest BCUT2D eigenvalue weighted by atomic mass is 16.4. The van der Waals surface area contributed by atoms with Gasteiger partial charge in [-0.2, -0.15) is 0 Å². The van der Waals surface area contributed by atoms with Gasteiger partial charge in [0.05, 0.1) is 0 Å². The maximum absolute atomic E-state index is 10.4. The second kappa shape index (κ2) is 6.09. The van der Waals surface area contributed by atoms with Crippen LogP contribution in [0.5, 0.6) is 0 Å². The number of benzene rings is 1. The Morgan fingerprint density at radius 3 is 2.71 bits per heavy atom. The first-order chi connectivity index (χ1) is 8.04. The van der Waals surface area contributed by atoms with E-state index in [0.717, 1.165) is 35.9 Å². The minimum Gasteiger partial charge on any atom is -0.478 e. The molecule has 1 rings (SSSR count). The molecule has 0 radical (unpaired) electrons. The van der Waals surface area contributed by atoms with Crippen molar-refractivity contribution in [1.29, 1.82) is 0 Å². The standard InChI is InChI=1S/C14H19NO2/c1-4-9-15(3)13-7-5-12(11(2)10-13)6-8-14(16)17/h5-8,10H,4,9H2,1-3H3,(H,16,17). The topological polar surface area (TPSA) is 40.5 Å². The first kappa shape index (κ1) is 13.3. The minimum absolute atomic E-state index is 0.920. The van der Waals surface area contributed by atoms with Crippen LogP contribution in [0.3, 0.4) is 0 Å². The average Bonchev–Trinajstić information content (AvgIpc) is 2.27. The van der Waals surface area contributed by atoms with E-state index in [1.54, 1.807) is 6.08 Å². The first-order valence-corrected chi connectivity index (χ1v) is 5.77. The van der Waals surface area contributed by atoms with Gasteiger partial charge in [-0.1, -0.05) is 13.0 Å². The van der Waals surface area contributed by atoms with Gasteiger partial charge in [0.1, 0.15) is 0 Å². The number of hydrogen-bond acceptors (Lipinski definition) is 2. The van der Waals surface area contributed by atoms with E-state index in [4.69, 9.17) is 5.11 Å². The molecule has 0 aliphatic carbocycles. The van der Waals surface area contributed by atoms with Crippen molar-refractivity contribution in [1.82, 2.24) is 0 Å². The SMILES string of the molecule is CCCN(C)c1ccc(C=CC(=O)O)c(C)c1. The lowest BCUT2D eigenvalue weighted by Gasteiger charge is -2.19. The van der Waals surface area contributed by atoms with Gasteiger partial charge >= 0.3 is 5.97 Å². The molecule has 1 aromatic rings. The van der Waals surface area contributed by atoms with Crippen LogP contribution >= 0.6 is 0 Å². The smallest absolute Gasteiger partial charge is 0.328 e. The number of hydrogen-bond donors (Lipinski definition) is 1. The molecule has 0 amide bonds. The molecule has 92 valence electrons. The van der Waals surface area contributed by atoms with Gasteiger partial charge in [-0.15, -0.1) is 0 Å². The molecule has 0 saturated carbocycles. The molecule has 3 heteroatoms. The van der Waals surface area contributed by atoms with Crippen LogP contribution in [0.1, 0.15) is 24.5 Å². The van der Waals surface area contributed by atoms with Crippen LogP contribution in [0, 0.1) is 6.92 Å². The van der Waals surface area contributed by atoms with Gasteiger partial charge in [-0.3, -0.25) is 0 Å². The highest BCUT2D eigenvalue weighted by Gasteiger charge is 2.02. The van der Waals surface area contributed by atoms with Crippen molar-refractivity contribution >= 4 is 17.7 Å². The van der Waals surface area contributed by atoms with E-state index in [-0.39, 0.29) is 0 Å². The zero-order chi connectivity index (χ0) is 12.8. The van der Waals surface area contributed by atoms with E-state index in [2.05, 4.69) is 24.9 Å². The van der Waals surface area contributed by atoms with Gasteiger partial charge in [0.25, 0.3) is 0 Å². The van der Waals surface area contributed by atoms with E-state index in [1.807, 2.05) is 19.1 Å². The summed E-state index contributed by atoms with van der Waals surface area (Å²) < 4.78 is 0. The van der Waals surface area contributed by atoms with E-state index in [9.17, 15) is 4.79 Å². The summed E-state index contributed by atoms with van der Waals surface area (Å²) in [5.74, 6) is -0.920. The second-order valence-electron chi connectivity index (χ2n) is 4.13. The summed E-state index contributed by atoms with van der Waals surface area (Å²) in [4.78, 5) is 12.6. The van der Waals surface area contributed by atoms with Gasteiger partial charge in [0.15, 0.2) is 0 Å². The molecule has 0 bridgehead atoms. The van der Waals surface area contributed by atoms with Crippen molar-refractivity contribution in [2.75, 3.05) is 18.5 Å². The zero-order valence-corrected chi connectivity index (χ0v) is 10.6. The summed E-state index contributed by atoms with van der Waals surface area (Å²) in [7, 11) is 2.06. The number of carboxylic acid groups (broad SMARTS) is 1. The third kappa shape index (κ3) is 3.94. The fourth-order valence-corrected chi connectivity index (χ4v) is 1.71. The molecule has 0 heterocycles. The molecule has 0 atom stereocenters. The van der Waals surface area contributed by atoms with Crippen molar-refractivity contribution < 1.29 is 9.90 Å². The van der Waals surface area contributed by atoms with E-state index in [1.165, 1.54) is 0 Å². The first-order valence-electron chi connectivity index (χ1n) is 5.77. The Morgan fingerprint density at radius 1 is 1.47 bits per heavy atom. The summed E-state index contributed by atoms with van der Waals surface area (Å²) in [6, 6.07) is 6.05. The minimum atomic E-state index is -0.920. The van der Waals surface area contributed by atoms with Crippen LogP contribution in [0.15, 0.2) is 24.3 Å². The van der Waals surface area contributed by atoms with Gasteiger partial charge in [-0.25, -0.2) is 4.79 Å². The molecule has 3 nitrogen and oxygen atoms in total. The maximum Gasteiger partial charge on any atom is 0.328 e. The Kier molecular flexibility index (Phi) is 4.76. The predicted octanol–water partition coefficient (Wildman–Crippen LogP) is 2.94. The Labute approximate surface area is 102 Å².